The van der Waals surface area contributed by atoms with Crippen molar-refractivity contribution in [1.29, 1.82) is 0 Å². The lowest BCUT2D eigenvalue weighted by molar-refractivity contribution is 0.100. The molecule has 0 saturated carbocycles. The summed E-state index contributed by atoms with van der Waals surface area (Å²) in [5.74, 6) is 0.535. The fourth-order valence-corrected chi connectivity index (χ4v) is 3.03. The zero-order chi connectivity index (χ0) is 22.0. The maximum absolute atomic E-state index is 11.6. The summed E-state index contributed by atoms with van der Waals surface area (Å²) in [6, 6.07) is 13.7. The highest BCUT2D eigenvalue weighted by Gasteiger charge is 2.14. The second-order valence-electron chi connectivity index (χ2n) is 6.75. The minimum atomic E-state index is -0.490. The van der Waals surface area contributed by atoms with Gasteiger partial charge in [-0.15, -0.1) is 0 Å². The van der Waals surface area contributed by atoms with Crippen molar-refractivity contribution in [2.45, 2.75) is 0 Å². The Balaban J connectivity index is 1.74. The molecule has 0 saturated heterocycles. The molecule has 0 unspecified atom stereocenters. The SMILES string of the molecule is CNC(=O)Nc1cccc(-c2nc(Nc3ccc(C(N)=O)cc3)c3cnn(C)c3n2)c1. The highest BCUT2D eigenvalue weighted by atomic mass is 16.2. The first-order valence-electron chi connectivity index (χ1n) is 9.40. The smallest absolute Gasteiger partial charge is 0.318 e. The third-order valence-corrected chi connectivity index (χ3v) is 4.63. The average molecular weight is 416 g/mol. The Kier molecular flexibility index (Phi) is 5.19. The number of carbonyl (C=O) groups excluding carboxylic acids is 2. The van der Waals surface area contributed by atoms with Crippen LogP contribution in [0.4, 0.5) is 22.0 Å². The van der Waals surface area contributed by atoms with Crippen LogP contribution in [0.3, 0.4) is 0 Å². The third kappa shape index (κ3) is 4.13. The molecule has 5 N–H and O–H groups in total. The fraction of sp³-hybridized carbons (Fsp3) is 0.0952. The maximum Gasteiger partial charge on any atom is 0.318 e. The Labute approximate surface area is 177 Å². The maximum atomic E-state index is 11.6. The number of benzene rings is 2. The van der Waals surface area contributed by atoms with E-state index in [1.807, 2.05) is 12.1 Å². The molecule has 0 bridgehead atoms. The lowest BCUT2D eigenvalue weighted by Gasteiger charge is -2.11. The molecule has 0 aliphatic rings. The second-order valence-corrected chi connectivity index (χ2v) is 6.75. The van der Waals surface area contributed by atoms with Crippen LogP contribution >= 0.6 is 0 Å². The standard InChI is InChI=1S/C21H20N8O2/c1-23-21(31)26-15-5-3-4-13(10-15)18-27-19(16-11-24-29(2)20(16)28-18)25-14-8-6-12(7-9-14)17(22)30/h3-11H,1-2H3,(H2,22,30)(H2,23,26,31)(H,25,27,28). The number of urea groups is 1. The van der Waals surface area contributed by atoms with Gasteiger partial charge in [-0.25, -0.2) is 14.8 Å². The predicted octanol–water partition coefficient (Wildman–Crippen LogP) is 2.62. The molecule has 2 aromatic heterocycles. The van der Waals surface area contributed by atoms with Gasteiger partial charge in [0.25, 0.3) is 0 Å². The van der Waals surface area contributed by atoms with E-state index >= 15 is 0 Å². The summed E-state index contributed by atoms with van der Waals surface area (Å²) in [4.78, 5) is 32.3. The van der Waals surface area contributed by atoms with Crippen molar-refractivity contribution in [2.24, 2.45) is 12.8 Å². The van der Waals surface area contributed by atoms with Gasteiger partial charge in [-0.1, -0.05) is 12.1 Å². The Hall–Kier alpha value is -4.47. The van der Waals surface area contributed by atoms with E-state index in [1.54, 1.807) is 61.4 Å². The molecule has 0 atom stereocenters. The van der Waals surface area contributed by atoms with Crippen molar-refractivity contribution in [3.8, 4) is 11.4 Å². The van der Waals surface area contributed by atoms with Crippen molar-refractivity contribution in [3.63, 3.8) is 0 Å². The molecule has 10 heteroatoms. The van der Waals surface area contributed by atoms with Gasteiger partial charge in [0, 0.05) is 36.6 Å². The van der Waals surface area contributed by atoms with Crippen LogP contribution in [-0.4, -0.2) is 38.7 Å². The van der Waals surface area contributed by atoms with Gasteiger partial charge in [0.1, 0.15) is 5.82 Å². The number of nitrogens with one attached hydrogen (secondary N) is 3. The minimum Gasteiger partial charge on any atom is -0.366 e. The van der Waals surface area contributed by atoms with E-state index in [-0.39, 0.29) is 6.03 Å². The number of hydrogen-bond acceptors (Lipinski definition) is 6. The highest BCUT2D eigenvalue weighted by molar-refractivity contribution is 5.94. The average Bonchev–Trinajstić information content (AvgIpc) is 3.15. The molecule has 4 rings (SSSR count). The first-order chi connectivity index (χ1) is 14.9. The number of carbonyl (C=O) groups is 2. The van der Waals surface area contributed by atoms with Gasteiger partial charge in [0.15, 0.2) is 11.5 Å². The number of hydrogen-bond donors (Lipinski definition) is 4. The zero-order valence-electron chi connectivity index (χ0n) is 16.9. The number of anilines is 3. The predicted molar refractivity (Wildman–Crippen MR) is 118 cm³/mol. The summed E-state index contributed by atoms with van der Waals surface area (Å²) in [5, 5.41) is 13.5. The molecule has 10 nitrogen and oxygen atoms in total. The normalized spacial score (nSPS) is 10.6. The molecule has 2 aromatic carbocycles. The van der Waals surface area contributed by atoms with E-state index in [2.05, 4.69) is 31.0 Å². The summed E-state index contributed by atoms with van der Waals surface area (Å²) in [6.45, 7) is 0. The van der Waals surface area contributed by atoms with E-state index in [0.29, 0.717) is 28.5 Å². The van der Waals surface area contributed by atoms with Gasteiger partial charge in [0.05, 0.1) is 11.6 Å². The van der Waals surface area contributed by atoms with Gasteiger partial charge >= 0.3 is 6.03 Å². The number of amides is 3. The molecule has 31 heavy (non-hydrogen) atoms. The molecule has 156 valence electrons. The monoisotopic (exact) mass is 416 g/mol. The lowest BCUT2D eigenvalue weighted by Crippen LogP contribution is -2.24. The summed E-state index contributed by atoms with van der Waals surface area (Å²) in [6.07, 6.45) is 1.68. The Morgan fingerprint density at radius 3 is 2.52 bits per heavy atom. The van der Waals surface area contributed by atoms with E-state index < -0.39 is 5.91 Å². The molecular weight excluding hydrogens is 396 g/mol. The first-order valence-corrected chi connectivity index (χ1v) is 9.40. The molecule has 0 radical (unpaired) electrons. The van der Waals surface area contributed by atoms with Gasteiger partial charge in [-0.2, -0.15) is 5.10 Å². The van der Waals surface area contributed by atoms with Crippen LogP contribution in [0.2, 0.25) is 0 Å². The summed E-state index contributed by atoms with van der Waals surface area (Å²) in [5.41, 5.74) is 8.44. The zero-order valence-corrected chi connectivity index (χ0v) is 16.9. The molecule has 0 fully saturated rings. The van der Waals surface area contributed by atoms with Crippen LogP contribution < -0.4 is 21.7 Å². The van der Waals surface area contributed by atoms with Crippen molar-refractivity contribution in [2.75, 3.05) is 17.7 Å². The second kappa shape index (κ2) is 8.11. The van der Waals surface area contributed by atoms with Crippen molar-refractivity contribution >= 4 is 40.2 Å². The minimum absolute atomic E-state index is 0.318. The molecule has 0 spiro atoms. The topological polar surface area (TPSA) is 140 Å². The number of rotatable bonds is 5. The van der Waals surface area contributed by atoms with Crippen molar-refractivity contribution < 1.29 is 9.59 Å². The van der Waals surface area contributed by atoms with Gasteiger partial charge < -0.3 is 21.7 Å². The molecular formula is C21H20N8O2. The van der Waals surface area contributed by atoms with Crippen LogP contribution in [0.1, 0.15) is 10.4 Å². The number of primary amides is 1. The van der Waals surface area contributed by atoms with Gasteiger partial charge in [-0.05, 0) is 36.4 Å². The number of nitrogens with two attached hydrogens (primary N) is 1. The molecule has 0 aliphatic heterocycles. The quantitative estimate of drug-likeness (QED) is 0.394. The molecule has 2 heterocycles. The van der Waals surface area contributed by atoms with E-state index in [4.69, 9.17) is 5.73 Å². The Morgan fingerprint density at radius 2 is 1.81 bits per heavy atom. The largest absolute Gasteiger partial charge is 0.366 e. The number of aryl methyl sites for hydroxylation is 1. The number of nitrogens with zero attached hydrogens (tertiary/aromatic N) is 4. The molecule has 0 aliphatic carbocycles. The third-order valence-electron chi connectivity index (χ3n) is 4.63. The Bertz CT molecular complexity index is 1280. The fourth-order valence-electron chi connectivity index (χ4n) is 3.03. The number of aromatic nitrogens is 4. The number of fused-ring (bicyclic) bond motifs is 1. The van der Waals surface area contributed by atoms with Crippen LogP contribution in [0.25, 0.3) is 22.4 Å². The Morgan fingerprint density at radius 1 is 1.03 bits per heavy atom. The molecule has 4 aromatic rings. The summed E-state index contributed by atoms with van der Waals surface area (Å²) in [7, 11) is 3.35. The summed E-state index contributed by atoms with van der Waals surface area (Å²) >= 11 is 0. The van der Waals surface area contributed by atoms with Gasteiger partial charge in [0.2, 0.25) is 5.91 Å². The molecule has 3 amide bonds. The van der Waals surface area contributed by atoms with Gasteiger partial charge in [-0.3, -0.25) is 9.48 Å². The van der Waals surface area contributed by atoms with Crippen LogP contribution in [0, 0.1) is 0 Å². The lowest BCUT2D eigenvalue weighted by atomic mass is 10.1. The first kappa shape index (κ1) is 19.8. The van der Waals surface area contributed by atoms with E-state index in [0.717, 1.165) is 16.6 Å². The van der Waals surface area contributed by atoms with Crippen molar-refractivity contribution in [1.82, 2.24) is 25.1 Å². The highest BCUT2D eigenvalue weighted by Crippen LogP contribution is 2.28. The van der Waals surface area contributed by atoms with Crippen LogP contribution in [-0.2, 0) is 7.05 Å². The van der Waals surface area contributed by atoms with Crippen molar-refractivity contribution in [3.05, 3.63) is 60.3 Å². The summed E-state index contributed by atoms with van der Waals surface area (Å²) < 4.78 is 1.66. The van der Waals surface area contributed by atoms with Crippen LogP contribution in [0.15, 0.2) is 54.7 Å². The van der Waals surface area contributed by atoms with E-state index in [9.17, 15) is 9.59 Å². The van der Waals surface area contributed by atoms with Crippen LogP contribution in [0.5, 0.6) is 0 Å². The van der Waals surface area contributed by atoms with E-state index in [1.165, 1.54) is 0 Å².